The minimum Gasteiger partial charge on any atom is -0.456 e. The predicted molar refractivity (Wildman–Crippen MR) is 159 cm³/mol. The Labute approximate surface area is 257 Å². The van der Waals surface area contributed by atoms with Gasteiger partial charge in [0.15, 0.2) is 46.6 Å². The first-order valence-corrected chi connectivity index (χ1v) is 13.9. The summed E-state index contributed by atoms with van der Waals surface area (Å²) < 4.78 is 66.0. The van der Waals surface area contributed by atoms with Gasteiger partial charge in [0.1, 0.15) is 22.6 Å². The van der Waals surface area contributed by atoms with Gasteiger partial charge in [-0.15, -0.1) is 0 Å². The molecule has 0 saturated carbocycles. The molecule has 4 aromatic carbocycles. The number of halogens is 4. The van der Waals surface area contributed by atoms with Gasteiger partial charge in [0.05, 0.1) is 23.1 Å². The van der Waals surface area contributed by atoms with Crippen molar-refractivity contribution in [2.24, 2.45) is 9.98 Å². The van der Waals surface area contributed by atoms with Crippen LogP contribution in [0.25, 0.3) is 60.9 Å². The summed E-state index contributed by atoms with van der Waals surface area (Å²) in [6, 6.07) is 17.5. The molecule has 8 nitrogen and oxygen atoms in total. The van der Waals surface area contributed by atoms with E-state index < -0.39 is 40.2 Å². The molecule has 0 unspecified atom stereocenters. The first kappa shape index (κ1) is 28.5. The molecular formula is C34H17F4N7O. The lowest BCUT2D eigenvalue weighted by atomic mass is 10.0. The summed E-state index contributed by atoms with van der Waals surface area (Å²) in [4.78, 5) is 25.2. The van der Waals surface area contributed by atoms with Crippen molar-refractivity contribution in [3.8, 4) is 40.2 Å². The number of para-hydroxylation sites is 1. The number of nitrogens with zero attached hydrogens (tertiary/aromatic N) is 7. The fourth-order valence-electron chi connectivity index (χ4n) is 5.28. The van der Waals surface area contributed by atoms with E-state index in [1.54, 1.807) is 31.2 Å². The van der Waals surface area contributed by atoms with Crippen molar-refractivity contribution in [1.82, 2.24) is 15.0 Å². The summed E-state index contributed by atoms with van der Waals surface area (Å²) in [5, 5.41) is 12.3. The molecule has 0 N–H and O–H groups in total. The van der Waals surface area contributed by atoms with Crippen molar-refractivity contribution in [3.63, 3.8) is 0 Å². The zero-order valence-corrected chi connectivity index (χ0v) is 24.0. The van der Waals surface area contributed by atoms with E-state index >= 15 is 8.78 Å². The van der Waals surface area contributed by atoms with E-state index in [9.17, 15) is 14.0 Å². The van der Waals surface area contributed by atoms with Crippen molar-refractivity contribution >= 4 is 21.9 Å². The fourth-order valence-corrected chi connectivity index (χ4v) is 5.28. The summed E-state index contributed by atoms with van der Waals surface area (Å²) in [5.74, 6) is -7.44. The highest BCUT2D eigenvalue weighted by atomic mass is 19.2. The second-order valence-corrected chi connectivity index (χ2v) is 10.3. The Balaban J connectivity index is 1.52. The van der Waals surface area contributed by atoms with Crippen LogP contribution in [0.5, 0.6) is 0 Å². The summed E-state index contributed by atoms with van der Waals surface area (Å²) in [5.41, 5.74) is -0.195. The summed E-state index contributed by atoms with van der Waals surface area (Å²) in [6.45, 7) is 10.1. The summed E-state index contributed by atoms with van der Waals surface area (Å²) in [6.07, 6.45) is 0.366. The van der Waals surface area contributed by atoms with E-state index in [2.05, 4.69) is 35.9 Å². The highest BCUT2D eigenvalue weighted by molar-refractivity contribution is 6.05. The molecule has 0 radical (unpaired) electrons. The first-order chi connectivity index (χ1) is 22.2. The number of rotatable bonds is 4. The molecule has 0 atom stereocenters. The number of furan rings is 1. The van der Waals surface area contributed by atoms with Crippen LogP contribution in [0.1, 0.15) is 24.5 Å². The van der Waals surface area contributed by atoms with Gasteiger partial charge in [-0.1, -0.05) is 31.2 Å². The standard InChI is InChI=1S/C34H17F4N7O/c1-4-21(40-3)33-41-22-12-11-19(20(14-39)30(22)42-33)32-43-31(16-9-10-18-17-7-5-6-8-23(17)46-24(18)13-16)44-34(45-32)25-28(37)26(35)15(2)27(36)29(25)38/h5-13H,4H2,1-2H3/b33-21+. The number of fused-ring (bicyclic) bond motifs is 4. The van der Waals surface area contributed by atoms with Crippen LogP contribution in [-0.4, -0.2) is 15.0 Å². The molecule has 46 heavy (non-hydrogen) atoms. The van der Waals surface area contributed by atoms with Crippen LogP contribution in [0, 0.1) is 48.1 Å². The van der Waals surface area contributed by atoms with Gasteiger partial charge in [-0.25, -0.2) is 47.3 Å². The smallest absolute Gasteiger partial charge is 0.208 e. The molecule has 0 amide bonds. The molecule has 0 spiro atoms. The average molecular weight is 616 g/mol. The van der Waals surface area contributed by atoms with Gasteiger partial charge in [0.2, 0.25) is 5.70 Å². The SMILES string of the molecule is [C-]#[N+]/C(CC)=C1\N=c2ccc(-c3nc(-c4ccc5c(c4)oc4ccccc45)nc(-c4c(F)c(F)c(C)c(F)c4F)n3)c(C#N)c2=N1. The molecule has 0 fully saturated rings. The number of aromatic nitrogens is 3. The van der Waals surface area contributed by atoms with Crippen LogP contribution in [0.15, 0.2) is 80.5 Å². The average Bonchev–Trinajstić information content (AvgIpc) is 3.68. The predicted octanol–water partition coefficient (Wildman–Crippen LogP) is 7.26. The van der Waals surface area contributed by atoms with Crippen LogP contribution >= 0.6 is 0 Å². The second kappa shape index (κ2) is 10.7. The minimum absolute atomic E-state index is 0.0327. The lowest BCUT2D eigenvalue weighted by Crippen LogP contribution is -2.25. The molecule has 6 aromatic rings. The third-order valence-corrected chi connectivity index (χ3v) is 7.66. The van der Waals surface area contributed by atoms with Gasteiger partial charge >= 0.3 is 0 Å². The monoisotopic (exact) mass is 615 g/mol. The second-order valence-electron chi connectivity index (χ2n) is 10.3. The highest BCUT2D eigenvalue weighted by Crippen LogP contribution is 2.35. The number of nitriles is 1. The van der Waals surface area contributed by atoms with Gasteiger partial charge in [-0.3, -0.25) is 0 Å². The third-order valence-electron chi connectivity index (χ3n) is 7.66. The number of allylic oxidation sites excluding steroid dienone is 1. The van der Waals surface area contributed by atoms with E-state index in [1.165, 1.54) is 12.1 Å². The van der Waals surface area contributed by atoms with E-state index in [0.29, 0.717) is 34.2 Å². The van der Waals surface area contributed by atoms with Crippen molar-refractivity contribution < 1.29 is 22.0 Å². The van der Waals surface area contributed by atoms with E-state index in [-0.39, 0.29) is 34.0 Å². The van der Waals surface area contributed by atoms with E-state index in [0.717, 1.165) is 17.7 Å². The van der Waals surface area contributed by atoms with Crippen molar-refractivity contribution in [2.75, 3.05) is 0 Å². The zero-order chi connectivity index (χ0) is 32.3. The van der Waals surface area contributed by atoms with Crippen LogP contribution in [0.3, 0.4) is 0 Å². The molecule has 3 heterocycles. The number of benzene rings is 4. The van der Waals surface area contributed by atoms with Gasteiger partial charge in [-0.2, -0.15) is 5.26 Å². The highest BCUT2D eigenvalue weighted by Gasteiger charge is 2.28. The van der Waals surface area contributed by atoms with Crippen LogP contribution in [0.4, 0.5) is 17.6 Å². The summed E-state index contributed by atoms with van der Waals surface area (Å²) >= 11 is 0. The Kier molecular flexibility index (Phi) is 6.64. The molecule has 1 aliphatic heterocycles. The maximum Gasteiger partial charge on any atom is 0.208 e. The molecular weight excluding hydrogens is 598 g/mol. The fraction of sp³-hybridized carbons (Fsp3) is 0.0882. The normalized spacial score (nSPS) is 13.2. The van der Waals surface area contributed by atoms with Crippen molar-refractivity contribution in [3.05, 3.63) is 123 Å². The number of hydrogen-bond acceptors (Lipinski definition) is 7. The lowest BCUT2D eigenvalue weighted by molar-refractivity contribution is 0.448. The quantitative estimate of drug-likeness (QED) is 0.118. The molecule has 7 rings (SSSR count). The molecule has 12 heteroatoms. The van der Waals surface area contributed by atoms with Gasteiger partial charge < -0.3 is 4.42 Å². The molecule has 2 aromatic heterocycles. The molecule has 1 aliphatic rings. The maximum absolute atomic E-state index is 15.3. The summed E-state index contributed by atoms with van der Waals surface area (Å²) in [7, 11) is 0. The Morgan fingerprint density at radius 2 is 1.54 bits per heavy atom. The van der Waals surface area contributed by atoms with Gasteiger partial charge in [0.25, 0.3) is 0 Å². The third kappa shape index (κ3) is 4.31. The molecule has 0 bridgehead atoms. The van der Waals surface area contributed by atoms with E-state index in [1.807, 2.05) is 18.2 Å². The van der Waals surface area contributed by atoms with Gasteiger partial charge in [-0.05, 0) is 43.7 Å². The van der Waals surface area contributed by atoms with Crippen molar-refractivity contribution in [2.45, 2.75) is 20.3 Å². The van der Waals surface area contributed by atoms with Crippen molar-refractivity contribution in [1.29, 1.82) is 5.26 Å². The minimum atomic E-state index is -1.68. The number of hydrogen-bond donors (Lipinski definition) is 0. The zero-order valence-electron chi connectivity index (χ0n) is 24.0. The van der Waals surface area contributed by atoms with E-state index in [4.69, 9.17) is 11.0 Å². The largest absolute Gasteiger partial charge is 0.456 e. The maximum atomic E-state index is 15.3. The topological polar surface area (TPSA) is 105 Å². The lowest BCUT2D eigenvalue weighted by Gasteiger charge is -2.12. The first-order valence-electron chi connectivity index (χ1n) is 13.9. The van der Waals surface area contributed by atoms with Crippen LogP contribution in [0.2, 0.25) is 0 Å². The van der Waals surface area contributed by atoms with Crippen LogP contribution < -0.4 is 10.7 Å². The molecule has 222 valence electrons. The Hall–Kier alpha value is -6.27. The van der Waals surface area contributed by atoms with Gasteiger partial charge in [0, 0.05) is 27.5 Å². The molecule has 0 saturated heterocycles. The Morgan fingerprint density at radius 1 is 0.848 bits per heavy atom. The molecule has 0 aliphatic carbocycles. The Morgan fingerprint density at radius 3 is 2.26 bits per heavy atom. The van der Waals surface area contributed by atoms with Crippen LogP contribution in [-0.2, 0) is 0 Å². The Bertz CT molecular complexity index is 2530.